The van der Waals surface area contributed by atoms with Gasteiger partial charge in [0.15, 0.2) is 23.4 Å². The van der Waals surface area contributed by atoms with Crippen LogP contribution in [0.3, 0.4) is 0 Å². The van der Waals surface area contributed by atoms with Crippen molar-refractivity contribution < 1.29 is 40.2 Å². The molecular weight excluding hydrogens is 394 g/mol. The minimum Gasteiger partial charge on any atom is -0.507 e. The molecule has 4 rings (SSSR count). The highest BCUT2D eigenvalue weighted by molar-refractivity contribution is 5.80. The minimum absolute atomic E-state index is 0.0195. The Morgan fingerprint density at radius 1 is 1.03 bits per heavy atom. The monoisotopic (exact) mass is 417 g/mol. The first-order valence-corrected chi connectivity index (χ1v) is 9.69. The maximum atomic E-state index is 12.2. The SMILES string of the molecule is CCN1C(=O)CC[C@@H]1c1c(O)cc(O)c2c1O[C@H](c1cc(O)c(O)c(O)c1)[C@@H](O)C2. The van der Waals surface area contributed by atoms with E-state index >= 15 is 0 Å². The fourth-order valence-electron chi connectivity index (χ4n) is 4.38. The summed E-state index contributed by atoms with van der Waals surface area (Å²) in [6.45, 7) is 2.26. The molecule has 0 aliphatic carbocycles. The molecule has 0 bridgehead atoms. The van der Waals surface area contributed by atoms with E-state index in [-0.39, 0.29) is 35.1 Å². The van der Waals surface area contributed by atoms with Crippen molar-refractivity contribution in [2.24, 2.45) is 0 Å². The first-order chi connectivity index (χ1) is 14.2. The van der Waals surface area contributed by atoms with Crippen LogP contribution in [-0.2, 0) is 11.2 Å². The number of aliphatic hydroxyl groups is 1. The van der Waals surface area contributed by atoms with E-state index in [1.54, 1.807) is 4.90 Å². The standard InChI is InChI=1S/C21H23NO8/c1-2-22-11(3-4-17(22)28)18-13(24)8-12(23)10-7-16(27)20(30-21(10)18)9-5-14(25)19(29)15(26)6-9/h5-6,8,11,16,20,23-27,29H,2-4,7H2,1H3/t11-,16+,20-/m1/s1. The van der Waals surface area contributed by atoms with E-state index in [1.165, 1.54) is 6.07 Å². The zero-order valence-corrected chi connectivity index (χ0v) is 16.2. The Hall–Kier alpha value is -3.33. The van der Waals surface area contributed by atoms with Crippen molar-refractivity contribution in [1.82, 2.24) is 4.90 Å². The molecule has 2 aliphatic rings. The summed E-state index contributed by atoms with van der Waals surface area (Å²) >= 11 is 0. The number of fused-ring (bicyclic) bond motifs is 1. The van der Waals surface area contributed by atoms with E-state index in [1.807, 2.05) is 6.92 Å². The van der Waals surface area contributed by atoms with Crippen molar-refractivity contribution in [1.29, 1.82) is 0 Å². The van der Waals surface area contributed by atoms with Crippen LogP contribution in [0.2, 0.25) is 0 Å². The number of hydrogen-bond donors (Lipinski definition) is 6. The van der Waals surface area contributed by atoms with E-state index in [4.69, 9.17) is 4.74 Å². The number of phenolic OH excluding ortho intramolecular Hbond substituents is 5. The summed E-state index contributed by atoms with van der Waals surface area (Å²) in [6.07, 6.45) is -1.43. The molecule has 0 spiro atoms. The van der Waals surface area contributed by atoms with Crippen molar-refractivity contribution in [2.45, 2.75) is 44.4 Å². The van der Waals surface area contributed by atoms with Gasteiger partial charge in [0.05, 0.1) is 17.7 Å². The second kappa shape index (κ2) is 7.17. The fourth-order valence-corrected chi connectivity index (χ4v) is 4.38. The number of carbonyl (C=O) groups excluding carboxylic acids is 1. The molecule has 2 aromatic rings. The molecule has 9 heteroatoms. The van der Waals surface area contributed by atoms with Crippen LogP contribution < -0.4 is 4.74 Å². The predicted octanol–water partition coefficient (Wildman–Crippen LogP) is 1.94. The number of amides is 1. The first-order valence-electron chi connectivity index (χ1n) is 9.69. The van der Waals surface area contributed by atoms with Crippen LogP contribution in [-0.4, -0.2) is 54.1 Å². The lowest BCUT2D eigenvalue weighted by molar-refractivity contribution is -0.128. The number of rotatable bonds is 3. The van der Waals surface area contributed by atoms with Gasteiger partial charge in [0, 0.05) is 36.6 Å². The molecule has 0 saturated carbocycles. The Bertz CT molecular complexity index is 998. The van der Waals surface area contributed by atoms with Gasteiger partial charge >= 0.3 is 0 Å². The zero-order valence-electron chi connectivity index (χ0n) is 16.2. The third-order valence-electron chi connectivity index (χ3n) is 5.81. The minimum atomic E-state index is -1.14. The largest absolute Gasteiger partial charge is 0.507 e. The Balaban J connectivity index is 1.82. The molecule has 2 aliphatic heterocycles. The smallest absolute Gasteiger partial charge is 0.223 e. The molecule has 2 heterocycles. The fraction of sp³-hybridized carbons (Fsp3) is 0.381. The number of phenols is 5. The molecule has 1 fully saturated rings. The van der Waals surface area contributed by atoms with Gasteiger partial charge in [-0.2, -0.15) is 0 Å². The van der Waals surface area contributed by atoms with Crippen LogP contribution in [0.1, 0.15) is 48.6 Å². The number of ether oxygens (including phenoxy) is 1. The summed E-state index contributed by atoms with van der Waals surface area (Å²) in [5.41, 5.74) is 0.846. The molecule has 0 aromatic heterocycles. The summed E-state index contributed by atoms with van der Waals surface area (Å²) in [5, 5.41) is 60.8. The average Bonchev–Trinajstić information content (AvgIpc) is 3.06. The highest BCUT2D eigenvalue weighted by Gasteiger charge is 2.40. The molecule has 3 atom stereocenters. The molecule has 2 aromatic carbocycles. The van der Waals surface area contributed by atoms with Crippen molar-refractivity contribution in [2.75, 3.05) is 6.54 Å². The molecule has 0 radical (unpaired) electrons. The number of likely N-dealkylation sites (tertiary alicyclic amines) is 1. The maximum absolute atomic E-state index is 12.2. The van der Waals surface area contributed by atoms with Crippen LogP contribution in [0, 0.1) is 0 Å². The molecule has 1 saturated heterocycles. The summed E-state index contributed by atoms with van der Waals surface area (Å²) in [6, 6.07) is 3.05. The number of aromatic hydroxyl groups is 5. The van der Waals surface area contributed by atoms with Gasteiger partial charge in [-0.15, -0.1) is 0 Å². The van der Waals surface area contributed by atoms with E-state index in [0.29, 0.717) is 30.5 Å². The first kappa shape index (κ1) is 20.0. The van der Waals surface area contributed by atoms with Crippen LogP contribution in [0.5, 0.6) is 34.5 Å². The highest BCUT2D eigenvalue weighted by atomic mass is 16.5. The molecule has 1 amide bonds. The van der Waals surface area contributed by atoms with E-state index in [0.717, 1.165) is 12.1 Å². The Labute approximate surface area is 172 Å². The molecule has 6 N–H and O–H groups in total. The number of nitrogens with zero attached hydrogens (tertiary/aromatic N) is 1. The molecule has 30 heavy (non-hydrogen) atoms. The van der Waals surface area contributed by atoms with Gasteiger partial charge in [-0.05, 0) is 25.5 Å². The quantitative estimate of drug-likeness (QED) is 0.415. The van der Waals surface area contributed by atoms with Crippen molar-refractivity contribution in [3.63, 3.8) is 0 Å². The van der Waals surface area contributed by atoms with E-state index in [9.17, 15) is 35.4 Å². The molecular formula is C21H23NO8. The van der Waals surface area contributed by atoms with Gasteiger partial charge in [0.1, 0.15) is 17.2 Å². The Morgan fingerprint density at radius 2 is 1.70 bits per heavy atom. The van der Waals surface area contributed by atoms with Gasteiger partial charge in [-0.3, -0.25) is 4.79 Å². The second-order valence-electron chi connectivity index (χ2n) is 7.59. The third kappa shape index (κ3) is 3.02. The molecule has 160 valence electrons. The van der Waals surface area contributed by atoms with E-state index in [2.05, 4.69) is 0 Å². The molecule has 9 nitrogen and oxygen atoms in total. The zero-order chi connectivity index (χ0) is 21.7. The number of benzene rings is 2. The lowest BCUT2D eigenvalue weighted by atomic mass is 9.89. The second-order valence-corrected chi connectivity index (χ2v) is 7.59. The summed E-state index contributed by atoms with van der Waals surface area (Å²) in [7, 11) is 0. The van der Waals surface area contributed by atoms with Crippen molar-refractivity contribution >= 4 is 5.91 Å². The number of hydrogen-bond acceptors (Lipinski definition) is 8. The van der Waals surface area contributed by atoms with Gasteiger partial charge in [0.2, 0.25) is 5.91 Å². The summed E-state index contributed by atoms with van der Waals surface area (Å²) < 4.78 is 6.00. The average molecular weight is 417 g/mol. The lowest BCUT2D eigenvalue weighted by Gasteiger charge is -2.35. The van der Waals surface area contributed by atoms with Crippen LogP contribution in [0.4, 0.5) is 0 Å². The highest BCUT2D eigenvalue weighted by Crippen LogP contribution is 2.51. The number of aliphatic hydroxyl groups excluding tert-OH is 1. The van der Waals surface area contributed by atoms with Gasteiger partial charge in [-0.1, -0.05) is 0 Å². The van der Waals surface area contributed by atoms with E-state index < -0.39 is 35.5 Å². The summed E-state index contributed by atoms with van der Waals surface area (Å²) in [4.78, 5) is 13.8. The number of carbonyl (C=O) groups is 1. The van der Waals surface area contributed by atoms with Crippen LogP contribution in [0.15, 0.2) is 18.2 Å². The maximum Gasteiger partial charge on any atom is 0.223 e. The normalized spacial score (nSPS) is 23.3. The Morgan fingerprint density at radius 3 is 2.33 bits per heavy atom. The van der Waals surface area contributed by atoms with Crippen molar-refractivity contribution in [3.8, 4) is 34.5 Å². The van der Waals surface area contributed by atoms with Gasteiger partial charge in [0.25, 0.3) is 0 Å². The van der Waals surface area contributed by atoms with Crippen LogP contribution in [0.25, 0.3) is 0 Å². The predicted molar refractivity (Wildman–Crippen MR) is 104 cm³/mol. The third-order valence-corrected chi connectivity index (χ3v) is 5.81. The van der Waals surface area contributed by atoms with Gasteiger partial charge in [-0.25, -0.2) is 0 Å². The molecule has 0 unspecified atom stereocenters. The Kier molecular flexibility index (Phi) is 4.77. The van der Waals surface area contributed by atoms with Crippen LogP contribution >= 0.6 is 0 Å². The van der Waals surface area contributed by atoms with Crippen molar-refractivity contribution in [3.05, 3.63) is 34.9 Å². The topological polar surface area (TPSA) is 151 Å². The lowest BCUT2D eigenvalue weighted by Crippen LogP contribution is -2.32. The van der Waals surface area contributed by atoms with Gasteiger partial charge < -0.3 is 40.3 Å². The summed E-state index contributed by atoms with van der Waals surface area (Å²) in [5.74, 6) is -2.21.